The number of rotatable bonds is 3. The summed E-state index contributed by atoms with van der Waals surface area (Å²) in [6.07, 6.45) is -0.569. The predicted octanol–water partition coefficient (Wildman–Crippen LogP) is 0.935. The van der Waals surface area contributed by atoms with E-state index in [9.17, 15) is 24.0 Å². The molecule has 9 nitrogen and oxygen atoms in total. The average Bonchev–Trinajstić information content (AvgIpc) is 3.39. The number of cyclic esters (lactones) is 1. The molecule has 1 aromatic carbocycles. The smallest absolute Gasteiger partial charge is 0.312 e. The number of Topliss-reactive ketones (excluding diaryl/α,β-unsaturated/α-hetero) is 2. The zero-order valence-electron chi connectivity index (χ0n) is 17.7. The van der Waals surface area contributed by atoms with Crippen molar-refractivity contribution in [3.63, 3.8) is 0 Å². The molecule has 0 saturated carbocycles. The SMILES string of the molecule is CC(=O)OC[C@H]1OC(=O)[C@H]2[C@@H]([C@H]1OC(C)=O)[C@@H]1CCCN1C21C(=O)c2ccccc2C1=O. The molecule has 1 aromatic rings. The van der Waals surface area contributed by atoms with Gasteiger partial charge in [-0.05, 0) is 19.4 Å². The molecule has 1 spiro atoms. The van der Waals surface area contributed by atoms with Crippen molar-refractivity contribution in [2.24, 2.45) is 11.8 Å². The van der Waals surface area contributed by atoms with Gasteiger partial charge in [-0.25, -0.2) is 0 Å². The van der Waals surface area contributed by atoms with Crippen LogP contribution in [0.2, 0.25) is 0 Å². The van der Waals surface area contributed by atoms with Crippen LogP contribution in [0.25, 0.3) is 0 Å². The van der Waals surface area contributed by atoms with E-state index < -0.39 is 59.1 Å². The van der Waals surface area contributed by atoms with Gasteiger partial charge in [0.05, 0.1) is 5.92 Å². The van der Waals surface area contributed by atoms with Crippen LogP contribution in [0.1, 0.15) is 47.4 Å². The number of fused-ring (bicyclic) bond motifs is 6. The van der Waals surface area contributed by atoms with Crippen molar-refractivity contribution in [2.75, 3.05) is 13.2 Å². The number of nitrogens with zero attached hydrogens (tertiary/aromatic N) is 1. The van der Waals surface area contributed by atoms with Crippen LogP contribution in [0.3, 0.4) is 0 Å². The van der Waals surface area contributed by atoms with E-state index in [2.05, 4.69) is 0 Å². The van der Waals surface area contributed by atoms with E-state index >= 15 is 0 Å². The van der Waals surface area contributed by atoms with Crippen LogP contribution in [0.15, 0.2) is 24.3 Å². The highest BCUT2D eigenvalue weighted by Gasteiger charge is 2.76. The summed E-state index contributed by atoms with van der Waals surface area (Å²) in [6.45, 7) is 2.67. The number of ether oxygens (including phenoxy) is 3. The number of ketones is 2. The third kappa shape index (κ3) is 2.63. The number of carbonyl (C=O) groups excluding carboxylic acids is 5. The molecule has 0 unspecified atom stereocenters. The summed E-state index contributed by atoms with van der Waals surface area (Å²) in [5, 5.41) is 0. The maximum absolute atomic E-state index is 13.8. The van der Waals surface area contributed by atoms with Crippen molar-refractivity contribution in [1.29, 1.82) is 0 Å². The molecule has 3 heterocycles. The molecule has 168 valence electrons. The van der Waals surface area contributed by atoms with E-state index in [4.69, 9.17) is 14.2 Å². The highest BCUT2D eigenvalue weighted by molar-refractivity contribution is 6.34. The summed E-state index contributed by atoms with van der Waals surface area (Å²) >= 11 is 0. The second-order valence-electron chi connectivity index (χ2n) is 8.78. The van der Waals surface area contributed by atoms with Crippen molar-refractivity contribution in [1.82, 2.24) is 4.90 Å². The predicted molar refractivity (Wildman–Crippen MR) is 107 cm³/mol. The summed E-state index contributed by atoms with van der Waals surface area (Å²) < 4.78 is 16.2. The number of hydrogen-bond donors (Lipinski definition) is 0. The fourth-order valence-electron chi connectivity index (χ4n) is 6.19. The van der Waals surface area contributed by atoms with Gasteiger partial charge in [0.15, 0.2) is 23.2 Å². The van der Waals surface area contributed by atoms with Gasteiger partial charge in [0, 0.05) is 36.9 Å². The first-order valence-electron chi connectivity index (χ1n) is 10.7. The number of esters is 3. The van der Waals surface area contributed by atoms with Gasteiger partial charge in [-0.2, -0.15) is 0 Å². The Balaban J connectivity index is 1.63. The summed E-state index contributed by atoms with van der Waals surface area (Å²) in [5.41, 5.74) is -1.11. The maximum atomic E-state index is 13.8. The van der Waals surface area contributed by atoms with Crippen molar-refractivity contribution in [2.45, 2.75) is 50.5 Å². The number of benzene rings is 1. The van der Waals surface area contributed by atoms with Crippen molar-refractivity contribution in [3.05, 3.63) is 35.4 Å². The summed E-state index contributed by atoms with van der Waals surface area (Å²) in [6, 6.07) is 6.26. The van der Waals surface area contributed by atoms with E-state index in [1.165, 1.54) is 13.8 Å². The van der Waals surface area contributed by atoms with E-state index in [-0.39, 0.29) is 12.6 Å². The zero-order valence-corrected chi connectivity index (χ0v) is 17.7. The Hall–Kier alpha value is -3.07. The van der Waals surface area contributed by atoms with E-state index in [0.29, 0.717) is 24.1 Å². The molecule has 4 aliphatic rings. The van der Waals surface area contributed by atoms with Crippen LogP contribution in [-0.4, -0.2) is 71.3 Å². The van der Waals surface area contributed by atoms with Crippen LogP contribution in [0, 0.1) is 11.8 Å². The van der Waals surface area contributed by atoms with Gasteiger partial charge in [0.25, 0.3) is 0 Å². The van der Waals surface area contributed by atoms with Gasteiger partial charge >= 0.3 is 17.9 Å². The van der Waals surface area contributed by atoms with Gasteiger partial charge in [-0.1, -0.05) is 24.3 Å². The van der Waals surface area contributed by atoms with Crippen LogP contribution < -0.4 is 0 Å². The molecule has 0 aromatic heterocycles. The molecule has 3 aliphatic heterocycles. The minimum atomic E-state index is -1.70. The molecule has 0 radical (unpaired) electrons. The van der Waals surface area contributed by atoms with Gasteiger partial charge in [0.1, 0.15) is 12.7 Å². The van der Waals surface area contributed by atoms with Gasteiger partial charge in [-0.3, -0.25) is 28.9 Å². The van der Waals surface area contributed by atoms with E-state index in [1.807, 2.05) is 4.90 Å². The minimum Gasteiger partial charge on any atom is -0.462 e. The number of hydrogen-bond acceptors (Lipinski definition) is 9. The Bertz CT molecular complexity index is 1010. The Morgan fingerprint density at radius 2 is 1.75 bits per heavy atom. The van der Waals surface area contributed by atoms with Gasteiger partial charge < -0.3 is 14.2 Å². The lowest BCUT2D eigenvalue weighted by Gasteiger charge is -2.41. The lowest BCUT2D eigenvalue weighted by atomic mass is 9.70. The van der Waals surface area contributed by atoms with Crippen LogP contribution in [-0.2, 0) is 28.6 Å². The lowest BCUT2D eigenvalue weighted by Crippen LogP contribution is -2.62. The first-order valence-corrected chi connectivity index (χ1v) is 10.7. The largest absolute Gasteiger partial charge is 0.462 e. The molecular formula is C23H23NO8. The maximum Gasteiger partial charge on any atom is 0.312 e. The molecule has 5 rings (SSSR count). The first-order chi connectivity index (χ1) is 15.3. The molecule has 32 heavy (non-hydrogen) atoms. The second-order valence-corrected chi connectivity index (χ2v) is 8.78. The van der Waals surface area contributed by atoms with Gasteiger partial charge in [0.2, 0.25) is 0 Å². The molecule has 0 bridgehead atoms. The molecule has 0 amide bonds. The lowest BCUT2D eigenvalue weighted by molar-refractivity contribution is -0.199. The van der Waals surface area contributed by atoms with E-state index in [0.717, 1.165) is 6.42 Å². The first kappa shape index (κ1) is 20.8. The van der Waals surface area contributed by atoms with E-state index in [1.54, 1.807) is 24.3 Å². The molecule has 0 N–H and O–H groups in total. The average molecular weight is 441 g/mol. The summed E-state index contributed by atoms with van der Waals surface area (Å²) in [5.74, 6) is -4.42. The van der Waals surface area contributed by atoms with Crippen molar-refractivity contribution >= 4 is 29.5 Å². The quantitative estimate of drug-likeness (QED) is 0.384. The molecule has 3 saturated heterocycles. The van der Waals surface area contributed by atoms with Crippen LogP contribution in [0.4, 0.5) is 0 Å². The monoisotopic (exact) mass is 441 g/mol. The normalized spacial score (nSPS) is 32.3. The zero-order chi connectivity index (χ0) is 22.8. The minimum absolute atomic E-state index is 0.274. The fraction of sp³-hybridized carbons (Fsp3) is 0.522. The Kier molecular flexibility index (Phi) is 4.70. The Labute approximate surface area is 184 Å². The van der Waals surface area contributed by atoms with Crippen molar-refractivity contribution < 1.29 is 38.2 Å². The highest BCUT2D eigenvalue weighted by Crippen LogP contribution is 2.57. The highest BCUT2D eigenvalue weighted by atomic mass is 16.6. The molecule has 1 aliphatic carbocycles. The third-order valence-corrected chi connectivity index (χ3v) is 7.16. The summed E-state index contributed by atoms with van der Waals surface area (Å²) in [7, 11) is 0. The molecule has 3 fully saturated rings. The topological polar surface area (TPSA) is 116 Å². The Morgan fingerprint density at radius 3 is 2.34 bits per heavy atom. The Morgan fingerprint density at radius 1 is 1.09 bits per heavy atom. The molecule has 5 atom stereocenters. The molecule has 9 heteroatoms. The molecular weight excluding hydrogens is 418 g/mol. The second kappa shape index (κ2) is 7.23. The third-order valence-electron chi connectivity index (χ3n) is 7.16. The van der Waals surface area contributed by atoms with Crippen LogP contribution >= 0.6 is 0 Å². The fourth-order valence-corrected chi connectivity index (χ4v) is 6.19. The van der Waals surface area contributed by atoms with Crippen molar-refractivity contribution in [3.8, 4) is 0 Å². The standard InChI is InChI=1S/C23H23NO8/c1-11(25)30-10-16-19(31-12(2)26)17-15-8-5-9-24(15)23(18(17)22(29)32-16)20(27)13-6-3-4-7-14(13)21(23)28/h3-4,6-7,15-19H,5,8-10H2,1-2H3/t15-,16+,17-,18+,19-/m0/s1. The summed E-state index contributed by atoms with van der Waals surface area (Å²) in [4.78, 5) is 66.0. The van der Waals surface area contributed by atoms with Crippen LogP contribution in [0.5, 0.6) is 0 Å². The van der Waals surface area contributed by atoms with Gasteiger partial charge in [-0.15, -0.1) is 0 Å². The number of carbonyl (C=O) groups is 5.